The third-order valence-corrected chi connectivity index (χ3v) is 8.20. The highest BCUT2D eigenvalue weighted by atomic mass is 79.9. The van der Waals surface area contributed by atoms with Gasteiger partial charge in [-0.3, -0.25) is 0 Å². The van der Waals surface area contributed by atoms with Gasteiger partial charge in [-0.05, 0) is 58.2 Å². The molecule has 1 heterocycles. The third-order valence-electron chi connectivity index (χ3n) is 4.81. The number of halogens is 5. The summed E-state index contributed by atoms with van der Waals surface area (Å²) in [5, 5.41) is 9.15. The molecule has 1 saturated heterocycles. The van der Waals surface area contributed by atoms with E-state index in [1.165, 1.54) is 27.4 Å². The molecule has 11 heteroatoms. The molecule has 0 spiro atoms. The first-order valence-corrected chi connectivity index (χ1v) is 11.8. The molecule has 1 aliphatic rings. The van der Waals surface area contributed by atoms with Crippen LogP contribution in [0.25, 0.3) is 0 Å². The zero-order chi connectivity index (χ0) is 22.1. The summed E-state index contributed by atoms with van der Waals surface area (Å²) in [6.45, 7) is 0.533. The molecule has 0 radical (unpaired) electrons. The quantitative estimate of drug-likeness (QED) is 0.479. The van der Waals surface area contributed by atoms with Gasteiger partial charge < -0.3 is 4.90 Å². The molecule has 1 unspecified atom stereocenters. The Bertz CT molecular complexity index is 1070. The van der Waals surface area contributed by atoms with Gasteiger partial charge in [0.1, 0.15) is 0 Å². The van der Waals surface area contributed by atoms with Gasteiger partial charge >= 0.3 is 6.18 Å². The summed E-state index contributed by atoms with van der Waals surface area (Å²) in [4.78, 5) is 1.51. The number of nitriles is 1. The first-order valence-electron chi connectivity index (χ1n) is 8.80. The van der Waals surface area contributed by atoms with Gasteiger partial charge in [-0.25, -0.2) is 8.42 Å². The lowest BCUT2D eigenvalue weighted by molar-refractivity contribution is -0.137. The fourth-order valence-corrected chi connectivity index (χ4v) is 6.36. The average molecular weight is 567 g/mol. The fourth-order valence-electron chi connectivity index (χ4n) is 3.26. The molecule has 1 fully saturated rings. The van der Waals surface area contributed by atoms with Crippen molar-refractivity contribution in [1.82, 2.24) is 9.21 Å². The van der Waals surface area contributed by atoms with Crippen molar-refractivity contribution >= 4 is 41.9 Å². The van der Waals surface area contributed by atoms with Gasteiger partial charge in [0.15, 0.2) is 6.19 Å². The maximum atomic E-state index is 13.5. The number of rotatable bonds is 5. The molecule has 0 saturated carbocycles. The van der Waals surface area contributed by atoms with Gasteiger partial charge in [0, 0.05) is 34.6 Å². The third kappa shape index (κ3) is 4.99. The predicted molar refractivity (Wildman–Crippen MR) is 112 cm³/mol. The summed E-state index contributed by atoms with van der Waals surface area (Å²) in [7, 11) is -4.01. The molecule has 30 heavy (non-hydrogen) atoms. The van der Waals surface area contributed by atoms with E-state index in [1.807, 2.05) is 6.19 Å². The van der Waals surface area contributed by atoms with E-state index in [-0.39, 0.29) is 18.0 Å². The Balaban J connectivity index is 1.99. The summed E-state index contributed by atoms with van der Waals surface area (Å²) in [6, 6.07) is 8.70. The van der Waals surface area contributed by atoms with Crippen LogP contribution in [0.15, 0.2) is 56.3 Å². The van der Waals surface area contributed by atoms with Crippen LogP contribution in [-0.2, 0) is 22.7 Å². The van der Waals surface area contributed by atoms with Crippen molar-refractivity contribution in [2.45, 2.75) is 30.1 Å². The number of nitrogens with zero attached hydrogens (tertiary/aromatic N) is 3. The number of likely N-dealkylation sites (tertiary alicyclic amines) is 1. The summed E-state index contributed by atoms with van der Waals surface area (Å²) in [5.41, 5.74) is -0.375. The predicted octanol–water partition coefficient (Wildman–Crippen LogP) is 4.98. The van der Waals surface area contributed by atoms with Crippen molar-refractivity contribution in [1.29, 1.82) is 5.26 Å². The van der Waals surface area contributed by atoms with Gasteiger partial charge in [-0.1, -0.05) is 28.1 Å². The van der Waals surface area contributed by atoms with E-state index < -0.39 is 27.8 Å². The van der Waals surface area contributed by atoms with Crippen LogP contribution >= 0.6 is 31.9 Å². The normalized spacial score (nSPS) is 17.4. The van der Waals surface area contributed by atoms with E-state index in [0.29, 0.717) is 27.5 Å². The summed E-state index contributed by atoms with van der Waals surface area (Å²) in [5.74, 6) is 0. The maximum absolute atomic E-state index is 13.5. The summed E-state index contributed by atoms with van der Waals surface area (Å²) in [6.07, 6.45) is -2.01. The minimum atomic E-state index is -4.47. The molecule has 3 rings (SSSR count). The molecular formula is C19H16Br2F3N3O2S. The van der Waals surface area contributed by atoms with Crippen LogP contribution in [0, 0.1) is 11.5 Å². The molecule has 0 bridgehead atoms. The van der Waals surface area contributed by atoms with Crippen LogP contribution in [0.5, 0.6) is 0 Å². The number of hydrogen-bond acceptors (Lipinski definition) is 4. The van der Waals surface area contributed by atoms with Crippen molar-refractivity contribution in [2.24, 2.45) is 0 Å². The van der Waals surface area contributed by atoms with Crippen LogP contribution in [-0.4, -0.2) is 36.8 Å². The lowest BCUT2D eigenvalue weighted by Crippen LogP contribution is -2.41. The SMILES string of the molecule is N#CN1CCC(N(Cc2ccc(C(F)(F)F)cc2)S(=O)(=O)c2cc(Br)ccc2Br)C1. The average Bonchev–Trinajstić information content (AvgIpc) is 3.16. The monoisotopic (exact) mass is 565 g/mol. The van der Waals surface area contributed by atoms with Crippen molar-refractivity contribution in [3.63, 3.8) is 0 Å². The van der Waals surface area contributed by atoms with Crippen molar-refractivity contribution in [2.75, 3.05) is 13.1 Å². The lowest BCUT2D eigenvalue weighted by atomic mass is 10.1. The largest absolute Gasteiger partial charge is 0.416 e. The molecule has 2 aromatic carbocycles. The first-order chi connectivity index (χ1) is 14.0. The van der Waals surface area contributed by atoms with Crippen molar-refractivity contribution in [3.05, 3.63) is 62.5 Å². The fraction of sp³-hybridized carbons (Fsp3) is 0.316. The second kappa shape index (κ2) is 8.86. The summed E-state index contributed by atoms with van der Waals surface area (Å²) >= 11 is 6.54. The Morgan fingerprint density at radius 3 is 2.40 bits per heavy atom. The van der Waals surface area contributed by atoms with Crippen molar-refractivity contribution < 1.29 is 21.6 Å². The Kier molecular flexibility index (Phi) is 6.81. The molecule has 2 aromatic rings. The number of sulfonamides is 1. The van der Waals surface area contributed by atoms with Crippen LogP contribution in [0.2, 0.25) is 0 Å². The van der Waals surface area contributed by atoms with Crippen molar-refractivity contribution in [3.8, 4) is 6.19 Å². The highest BCUT2D eigenvalue weighted by Crippen LogP contribution is 2.33. The number of hydrogen-bond donors (Lipinski definition) is 0. The number of benzene rings is 2. The molecular weight excluding hydrogens is 551 g/mol. The highest BCUT2D eigenvalue weighted by molar-refractivity contribution is 9.11. The maximum Gasteiger partial charge on any atom is 0.416 e. The van der Waals surface area contributed by atoms with Gasteiger partial charge in [-0.15, -0.1) is 0 Å². The molecule has 0 amide bonds. The Morgan fingerprint density at radius 2 is 1.83 bits per heavy atom. The molecule has 5 nitrogen and oxygen atoms in total. The second-order valence-corrected chi connectivity index (χ2v) is 10.4. The standard InChI is InChI=1S/C19H16Br2F3N3O2S/c20-15-5-6-17(21)18(9-15)30(28,29)27(16-7-8-26(11-16)12-25)10-13-1-3-14(4-2-13)19(22,23)24/h1-6,9,16H,7-8,10-11H2. The van der Waals surface area contributed by atoms with E-state index in [1.54, 1.807) is 12.1 Å². The van der Waals surface area contributed by atoms with Crippen LogP contribution in [0.4, 0.5) is 13.2 Å². The molecule has 0 aliphatic carbocycles. The molecule has 1 atom stereocenters. The van der Waals surface area contributed by atoms with E-state index >= 15 is 0 Å². The van der Waals surface area contributed by atoms with Crippen LogP contribution < -0.4 is 0 Å². The zero-order valence-corrected chi connectivity index (χ0v) is 19.4. The van der Waals surface area contributed by atoms with E-state index in [2.05, 4.69) is 31.9 Å². The molecule has 0 aromatic heterocycles. The van der Waals surface area contributed by atoms with E-state index in [4.69, 9.17) is 5.26 Å². The minimum Gasteiger partial charge on any atom is -0.309 e. The lowest BCUT2D eigenvalue weighted by Gasteiger charge is -2.28. The van der Waals surface area contributed by atoms with E-state index in [9.17, 15) is 21.6 Å². The molecule has 1 aliphatic heterocycles. The highest BCUT2D eigenvalue weighted by Gasteiger charge is 2.37. The second-order valence-electron chi connectivity index (χ2n) is 6.81. The Hall–Kier alpha value is -1.61. The van der Waals surface area contributed by atoms with Gasteiger partial charge in [0.25, 0.3) is 0 Å². The molecule has 0 N–H and O–H groups in total. The topological polar surface area (TPSA) is 64.4 Å². The smallest absolute Gasteiger partial charge is 0.309 e. The Labute approximate surface area is 189 Å². The van der Waals surface area contributed by atoms with Gasteiger partial charge in [0.05, 0.1) is 10.5 Å². The molecule has 160 valence electrons. The number of alkyl halides is 3. The Morgan fingerprint density at radius 1 is 1.17 bits per heavy atom. The van der Waals surface area contributed by atoms with Crippen LogP contribution in [0.3, 0.4) is 0 Å². The van der Waals surface area contributed by atoms with Crippen LogP contribution in [0.1, 0.15) is 17.5 Å². The zero-order valence-electron chi connectivity index (χ0n) is 15.4. The minimum absolute atomic E-state index is 0.0409. The van der Waals surface area contributed by atoms with Gasteiger partial charge in [-0.2, -0.15) is 22.7 Å². The van der Waals surface area contributed by atoms with E-state index in [0.717, 1.165) is 12.1 Å². The van der Waals surface area contributed by atoms with Gasteiger partial charge in [0.2, 0.25) is 10.0 Å². The summed E-state index contributed by atoms with van der Waals surface area (Å²) < 4.78 is 67.8. The first kappa shape index (κ1) is 23.1.